The fraction of sp³-hybridized carbons (Fsp3) is 0.450. The van der Waals surface area contributed by atoms with Crippen LogP contribution in [0.1, 0.15) is 46.4 Å². The summed E-state index contributed by atoms with van der Waals surface area (Å²) in [5.74, 6) is -0.959. The summed E-state index contributed by atoms with van der Waals surface area (Å²) in [6.07, 6.45) is 2.30. The molecule has 0 bridgehead atoms. The second kappa shape index (κ2) is 8.63. The van der Waals surface area contributed by atoms with Gasteiger partial charge in [0.05, 0.1) is 11.6 Å². The van der Waals surface area contributed by atoms with Gasteiger partial charge in [0.25, 0.3) is 5.91 Å². The third-order valence-corrected chi connectivity index (χ3v) is 5.82. The molecule has 27 heavy (non-hydrogen) atoms. The molecule has 0 radical (unpaired) electrons. The number of thiazole rings is 1. The molecule has 0 unspecified atom stereocenters. The van der Waals surface area contributed by atoms with Crippen LogP contribution in [0.25, 0.3) is 0 Å². The summed E-state index contributed by atoms with van der Waals surface area (Å²) in [6, 6.07) is 8.64. The van der Waals surface area contributed by atoms with Crippen LogP contribution in [0, 0.1) is 6.92 Å². The van der Waals surface area contributed by atoms with Gasteiger partial charge >= 0.3 is 5.97 Å². The highest BCUT2D eigenvalue weighted by Gasteiger charge is 2.35. The average molecular weight is 388 g/mol. The fourth-order valence-corrected chi connectivity index (χ4v) is 4.12. The normalized spacial score (nSPS) is 18.9. The standard InChI is InChI=1S/C20H25N3O3S/c1-3-23(11-19(24)25)16-9-15(10-16)21-20(26)17-12-27-18(22-17)8-14-6-4-13(2)5-7-14/h4-7,12,15-16H,3,8-11H2,1-2H3,(H,21,26)(H,24,25). The second-order valence-electron chi connectivity index (χ2n) is 7.04. The van der Waals surface area contributed by atoms with E-state index in [1.165, 1.54) is 22.5 Å². The van der Waals surface area contributed by atoms with Gasteiger partial charge in [0.15, 0.2) is 0 Å². The topological polar surface area (TPSA) is 82.5 Å². The van der Waals surface area contributed by atoms with E-state index in [4.69, 9.17) is 5.11 Å². The SMILES string of the molecule is CCN(CC(=O)O)C1CC(NC(=O)c2csc(Cc3ccc(C)cc3)n2)C1. The summed E-state index contributed by atoms with van der Waals surface area (Å²) in [6.45, 7) is 4.77. The van der Waals surface area contributed by atoms with Crippen LogP contribution in [0.4, 0.5) is 0 Å². The van der Waals surface area contributed by atoms with Crippen molar-refractivity contribution in [1.82, 2.24) is 15.2 Å². The monoisotopic (exact) mass is 387 g/mol. The van der Waals surface area contributed by atoms with Gasteiger partial charge in [-0.15, -0.1) is 11.3 Å². The lowest BCUT2D eigenvalue weighted by atomic mass is 9.85. The molecule has 2 aromatic rings. The molecule has 0 atom stereocenters. The van der Waals surface area contributed by atoms with E-state index in [1.54, 1.807) is 5.38 Å². The van der Waals surface area contributed by atoms with Gasteiger partial charge in [0.1, 0.15) is 5.69 Å². The maximum Gasteiger partial charge on any atom is 0.317 e. The first-order valence-electron chi connectivity index (χ1n) is 9.21. The van der Waals surface area contributed by atoms with Crippen molar-refractivity contribution in [2.75, 3.05) is 13.1 Å². The second-order valence-corrected chi connectivity index (χ2v) is 7.98. The van der Waals surface area contributed by atoms with Crippen LogP contribution >= 0.6 is 11.3 Å². The minimum absolute atomic E-state index is 0.0519. The van der Waals surface area contributed by atoms with Gasteiger partial charge in [-0.05, 0) is 31.9 Å². The van der Waals surface area contributed by atoms with Gasteiger partial charge < -0.3 is 10.4 Å². The lowest BCUT2D eigenvalue weighted by Gasteiger charge is -2.42. The van der Waals surface area contributed by atoms with Crippen molar-refractivity contribution < 1.29 is 14.7 Å². The highest BCUT2D eigenvalue weighted by molar-refractivity contribution is 7.09. The van der Waals surface area contributed by atoms with Gasteiger partial charge in [-0.3, -0.25) is 14.5 Å². The van der Waals surface area contributed by atoms with Crippen LogP contribution in [0.2, 0.25) is 0 Å². The summed E-state index contributed by atoms with van der Waals surface area (Å²) in [5, 5.41) is 14.7. The first kappa shape index (κ1) is 19.5. The van der Waals surface area contributed by atoms with Crippen LogP contribution < -0.4 is 5.32 Å². The van der Waals surface area contributed by atoms with E-state index in [1.807, 2.05) is 11.8 Å². The van der Waals surface area contributed by atoms with Gasteiger partial charge in [0.2, 0.25) is 0 Å². The molecule has 0 spiro atoms. The Kier molecular flexibility index (Phi) is 6.23. The van der Waals surface area contributed by atoms with Crippen molar-refractivity contribution in [2.45, 2.75) is 45.2 Å². The number of carboxylic acid groups (broad SMARTS) is 1. The molecule has 1 aliphatic carbocycles. The van der Waals surface area contributed by atoms with Gasteiger partial charge in [-0.2, -0.15) is 0 Å². The van der Waals surface area contributed by atoms with Gasteiger partial charge in [-0.25, -0.2) is 4.98 Å². The Morgan fingerprint density at radius 3 is 2.63 bits per heavy atom. The Bertz CT molecular complexity index is 797. The molecule has 1 saturated carbocycles. The summed E-state index contributed by atoms with van der Waals surface area (Å²) in [7, 11) is 0. The molecule has 7 heteroatoms. The smallest absolute Gasteiger partial charge is 0.317 e. The van der Waals surface area contributed by atoms with Crippen LogP contribution in [0.3, 0.4) is 0 Å². The average Bonchev–Trinajstić information content (AvgIpc) is 3.06. The van der Waals surface area contributed by atoms with Crippen LogP contribution in [0.5, 0.6) is 0 Å². The minimum atomic E-state index is -0.812. The number of benzene rings is 1. The number of hydrogen-bond acceptors (Lipinski definition) is 5. The van der Waals surface area contributed by atoms with Crippen molar-refractivity contribution in [1.29, 1.82) is 0 Å². The molecular formula is C20H25N3O3S. The number of nitrogens with one attached hydrogen (secondary N) is 1. The fourth-order valence-electron chi connectivity index (χ4n) is 3.31. The summed E-state index contributed by atoms with van der Waals surface area (Å²) >= 11 is 1.50. The van der Waals surface area contributed by atoms with Crippen LogP contribution in [-0.4, -0.2) is 52.0 Å². The number of hydrogen-bond donors (Lipinski definition) is 2. The lowest BCUT2D eigenvalue weighted by molar-refractivity contribution is -0.139. The number of nitrogens with zero attached hydrogens (tertiary/aromatic N) is 2. The number of likely N-dealkylation sites (N-methyl/N-ethyl adjacent to an activating group) is 1. The summed E-state index contributed by atoms with van der Waals surface area (Å²) < 4.78 is 0. The highest BCUT2D eigenvalue weighted by Crippen LogP contribution is 2.26. The molecule has 1 aromatic carbocycles. The van der Waals surface area contributed by atoms with E-state index in [2.05, 4.69) is 41.5 Å². The third-order valence-electron chi connectivity index (χ3n) is 4.97. The zero-order valence-electron chi connectivity index (χ0n) is 15.6. The number of rotatable bonds is 8. The van der Waals surface area contributed by atoms with Crippen molar-refractivity contribution in [2.24, 2.45) is 0 Å². The Balaban J connectivity index is 1.49. The molecule has 0 saturated heterocycles. The van der Waals surface area contributed by atoms with E-state index in [-0.39, 0.29) is 24.5 Å². The molecule has 1 aromatic heterocycles. The van der Waals surface area contributed by atoms with Gasteiger partial charge in [0, 0.05) is 23.9 Å². The van der Waals surface area contributed by atoms with E-state index < -0.39 is 5.97 Å². The Hall–Kier alpha value is -2.25. The molecule has 1 aliphatic rings. The Morgan fingerprint density at radius 1 is 1.30 bits per heavy atom. The zero-order chi connectivity index (χ0) is 19.4. The molecule has 3 rings (SSSR count). The van der Waals surface area contributed by atoms with E-state index in [0.717, 1.165) is 24.3 Å². The molecular weight excluding hydrogens is 362 g/mol. The largest absolute Gasteiger partial charge is 0.480 e. The number of carbonyl (C=O) groups is 2. The molecule has 6 nitrogen and oxygen atoms in total. The molecule has 0 aliphatic heterocycles. The van der Waals surface area contributed by atoms with E-state index >= 15 is 0 Å². The first-order valence-corrected chi connectivity index (χ1v) is 10.1. The zero-order valence-corrected chi connectivity index (χ0v) is 16.5. The number of amides is 1. The summed E-state index contributed by atoms with van der Waals surface area (Å²) in [5.41, 5.74) is 2.87. The van der Waals surface area contributed by atoms with Gasteiger partial charge in [-0.1, -0.05) is 36.8 Å². The van der Waals surface area contributed by atoms with Crippen molar-refractivity contribution >= 4 is 23.2 Å². The number of carboxylic acids is 1. The maximum atomic E-state index is 12.4. The highest BCUT2D eigenvalue weighted by atomic mass is 32.1. The van der Waals surface area contributed by atoms with Crippen molar-refractivity contribution in [3.8, 4) is 0 Å². The minimum Gasteiger partial charge on any atom is -0.480 e. The quantitative estimate of drug-likeness (QED) is 0.728. The predicted octanol–water partition coefficient (Wildman–Crippen LogP) is 2.71. The molecule has 2 N–H and O–H groups in total. The molecule has 1 amide bonds. The number of aromatic nitrogens is 1. The number of aryl methyl sites for hydroxylation is 1. The van der Waals surface area contributed by atoms with Crippen LogP contribution in [-0.2, 0) is 11.2 Å². The summed E-state index contributed by atoms with van der Waals surface area (Å²) in [4.78, 5) is 29.7. The molecule has 144 valence electrons. The van der Waals surface area contributed by atoms with Crippen LogP contribution in [0.15, 0.2) is 29.6 Å². The third kappa shape index (κ3) is 5.14. The molecule has 1 heterocycles. The predicted molar refractivity (Wildman–Crippen MR) is 105 cm³/mol. The van der Waals surface area contributed by atoms with Crippen molar-refractivity contribution in [3.63, 3.8) is 0 Å². The Morgan fingerprint density at radius 2 is 2.00 bits per heavy atom. The van der Waals surface area contributed by atoms with E-state index in [0.29, 0.717) is 12.2 Å². The Labute approximate surface area is 163 Å². The molecule has 1 fully saturated rings. The van der Waals surface area contributed by atoms with E-state index in [9.17, 15) is 9.59 Å². The first-order chi connectivity index (χ1) is 12.9. The lowest BCUT2D eigenvalue weighted by Crippen LogP contribution is -2.54. The van der Waals surface area contributed by atoms with Crippen molar-refractivity contribution in [3.05, 3.63) is 51.5 Å². The maximum absolute atomic E-state index is 12.4. The number of carbonyl (C=O) groups excluding carboxylic acids is 1. The number of aliphatic carboxylic acids is 1.